The summed E-state index contributed by atoms with van der Waals surface area (Å²) in [7, 11) is 0. The number of nitrogens with zero attached hydrogens (tertiary/aromatic N) is 1. The van der Waals surface area contributed by atoms with Gasteiger partial charge in [0.05, 0.1) is 11.8 Å². The number of hydrogen-bond donors (Lipinski definition) is 1. The van der Waals surface area contributed by atoms with Crippen molar-refractivity contribution >= 4 is 11.8 Å². The SMILES string of the molecule is CC[C@H](C)N(CCC(=O)NC1CCCCC1)C(=O)c1ccoc1. The molecule has 0 bridgehead atoms. The Kier molecular flexibility index (Phi) is 6.68. The van der Waals surface area contributed by atoms with Crippen LogP contribution in [-0.4, -0.2) is 35.3 Å². The summed E-state index contributed by atoms with van der Waals surface area (Å²) in [5, 5.41) is 3.11. The molecule has 0 unspecified atom stereocenters. The molecule has 0 spiro atoms. The lowest BCUT2D eigenvalue weighted by atomic mass is 9.95. The van der Waals surface area contributed by atoms with E-state index in [-0.39, 0.29) is 17.9 Å². The van der Waals surface area contributed by atoms with Crippen LogP contribution in [-0.2, 0) is 4.79 Å². The predicted molar refractivity (Wildman–Crippen MR) is 89.1 cm³/mol. The van der Waals surface area contributed by atoms with Gasteiger partial charge in [-0.25, -0.2) is 0 Å². The highest BCUT2D eigenvalue weighted by molar-refractivity contribution is 5.94. The number of carbonyl (C=O) groups is 2. The molecule has 0 radical (unpaired) electrons. The number of furan rings is 1. The summed E-state index contributed by atoms with van der Waals surface area (Å²) in [5.41, 5.74) is 0.540. The fraction of sp³-hybridized carbons (Fsp3) is 0.667. The normalized spacial score (nSPS) is 16.8. The number of nitrogens with one attached hydrogen (secondary N) is 1. The van der Waals surface area contributed by atoms with Crippen molar-refractivity contribution in [2.24, 2.45) is 0 Å². The maximum atomic E-state index is 12.5. The summed E-state index contributed by atoms with van der Waals surface area (Å²) in [6, 6.07) is 2.08. The Bertz CT molecular complexity index is 492. The topological polar surface area (TPSA) is 62.6 Å². The third kappa shape index (κ3) is 5.12. The van der Waals surface area contributed by atoms with E-state index in [1.807, 2.05) is 13.8 Å². The molecule has 1 aromatic rings. The van der Waals surface area contributed by atoms with Crippen molar-refractivity contribution < 1.29 is 14.0 Å². The van der Waals surface area contributed by atoms with Gasteiger partial charge in [-0.05, 0) is 32.3 Å². The molecule has 128 valence electrons. The molecule has 1 saturated carbocycles. The average Bonchev–Trinajstić information content (AvgIpc) is 3.10. The maximum absolute atomic E-state index is 12.5. The van der Waals surface area contributed by atoms with Crippen molar-refractivity contribution in [1.29, 1.82) is 0 Å². The molecule has 1 heterocycles. The van der Waals surface area contributed by atoms with Gasteiger partial charge in [0.25, 0.3) is 5.91 Å². The second-order valence-corrected chi connectivity index (χ2v) is 6.42. The van der Waals surface area contributed by atoms with Crippen LogP contribution in [0.1, 0.15) is 69.2 Å². The molecular formula is C18H28N2O3. The highest BCUT2D eigenvalue weighted by atomic mass is 16.3. The van der Waals surface area contributed by atoms with Crippen LogP contribution in [0.4, 0.5) is 0 Å². The van der Waals surface area contributed by atoms with Crippen LogP contribution in [0.25, 0.3) is 0 Å². The number of hydrogen-bond acceptors (Lipinski definition) is 3. The van der Waals surface area contributed by atoms with Gasteiger partial charge in [0.15, 0.2) is 0 Å². The maximum Gasteiger partial charge on any atom is 0.257 e. The molecule has 1 aliphatic rings. The van der Waals surface area contributed by atoms with E-state index < -0.39 is 0 Å². The van der Waals surface area contributed by atoms with E-state index in [4.69, 9.17) is 4.42 Å². The third-order valence-electron chi connectivity index (χ3n) is 4.70. The minimum absolute atomic E-state index is 0.0465. The highest BCUT2D eigenvalue weighted by Gasteiger charge is 2.23. The molecular weight excluding hydrogens is 292 g/mol. The van der Waals surface area contributed by atoms with Crippen LogP contribution < -0.4 is 5.32 Å². The lowest BCUT2D eigenvalue weighted by molar-refractivity contribution is -0.122. The van der Waals surface area contributed by atoms with Gasteiger partial charge in [0, 0.05) is 25.0 Å². The van der Waals surface area contributed by atoms with E-state index in [1.54, 1.807) is 11.0 Å². The molecule has 1 aliphatic carbocycles. The Morgan fingerprint density at radius 2 is 2.09 bits per heavy atom. The van der Waals surface area contributed by atoms with Crippen LogP contribution in [0, 0.1) is 0 Å². The first-order valence-corrected chi connectivity index (χ1v) is 8.74. The van der Waals surface area contributed by atoms with Gasteiger partial charge >= 0.3 is 0 Å². The Morgan fingerprint density at radius 3 is 2.70 bits per heavy atom. The van der Waals surface area contributed by atoms with Crippen molar-refractivity contribution in [1.82, 2.24) is 10.2 Å². The molecule has 1 N–H and O–H groups in total. The zero-order valence-electron chi connectivity index (χ0n) is 14.2. The van der Waals surface area contributed by atoms with Crippen LogP contribution in [0.2, 0.25) is 0 Å². The number of carbonyl (C=O) groups excluding carboxylic acids is 2. The molecule has 2 rings (SSSR count). The van der Waals surface area contributed by atoms with Gasteiger partial charge < -0.3 is 14.6 Å². The van der Waals surface area contributed by atoms with E-state index in [9.17, 15) is 9.59 Å². The molecule has 0 aliphatic heterocycles. The second kappa shape index (κ2) is 8.75. The van der Waals surface area contributed by atoms with E-state index >= 15 is 0 Å². The molecule has 0 aromatic carbocycles. The monoisotopic (exact) mass is 320 g/mol. The summed E-state index contributed by atoms with van der Waals surface area (Å²) < 4.78 is 5.00. The lowest BCUT2D eigenvalue weighted by Crippen LogP contribution is -2.42. The summed E-state index contributed by atoms with van der Waals surface area (Å²) in [6.07, 6.45) is 9.98. The summed E-state index contributed by atoms with van der Waals surface area (Å²) in [6.45, 7) is 4.50. The van der Waals surface area contributed by atoms with Gasteiger partial charge in [-0.1, -0.05) is 26.2 Å². The Balaban J connectivity index is 1.87. The molecule has 2 amide bonds. The van der Waals surface area contributed by atoms with Crippen molar-refractivity contribution in [3.05, 3.63) is 24.2 Å². The quantitative estimate of drug-likeness (QED) is 0.838. The minimum atomic E-state index is -0.0708. The molecule has 1 fully saturated rings. The van der Waals surface area contributed by atoms with Crippen LogP contribution in [0.5, 0.6) is 0 Å². The van der Waals surface area contributed by atoms with E-state index in [1.165, 1.54) is 31.8 Å². The van der Waals surface area contributed by atoms with Gasteiger partial charge in [-0.3, -0.25) is 9.59 Å². The molecule has 5 heteroatoms. The summed E-state index contributed by atoms with van der Waals surface area (Å²) in [5.74, 6) is -0.0243. The predicted octanol–water partition coefficient (Wildman–Crippen LogP) is 3.36. The summed E-state index contributed by atoms with van der Waals surface area (Å²) in [4.78, 5) is 26.5. The van der Waals surface area contributed by atoms with E-state index in [0.717, 1.165) is 19.3 Å². The standard InChI is InChI=1S/C18H28N2O3/c1-3-14(2)20(18(22)15-10-12-23-13-15)11-9-17(21)19-16-7-5-4-6-8-16/h10,12-14,16H,3-9,11H2,1-2H3,(H,19,21)/t14-/m0/s1. The molecule has 1 aromatic heterocycles. The smallest absolute Gasteiger partial charge is 0.257 e. The number of rotatable bonds is 7. The average molecular weight is 320 g/mol. The van der Waals surface area contributed by atoms with Crippen LogP contribution in [0.15, 0.2) is 23.0 Å². The number of amides is 2. The zero-order valence-corrected chi connectivity index (χ0v) is 14.2. The van der Waals surface area contributed by atoms with Crippen LogP contribution in [0.3, 0.4) is 0 Å². The van der Waals surface area contributed by atoms with Crippen molar-refractivity contribution in [2.45, 2.75) is 70.9 Å². The lowest BCUT2D eigenvalue weighted by Gasteiger charge is -2.29. The van der Waals surface area contributed by atoms with Crippen molar-refractivity contribution in [3.63, 3.8) is 0 Å². The molecule has 23 heavy (non-hydrogen) atoms. The van der Waals surface area contributed by atoms with Gasteiger partial charge in [0.1, 0.15) is 6.26 Å². The van der Waals surface area contributed by atoms with E-state index in [0.29, 0.717) is 24.6 Å². The van der Waals surface area contributed by atoms with Crippen LogP contribution >= 0.6 is 0 Å². The third-order valence-corrected chi connectivity index (χ3v) is 4.70. The molecule has 5 nitrogen and oxygen atoms in total. The van der Waals surface area contributed by atoms with Crippen molar-refractivity contribution in [3.8, 4) is 0 Å². The second-order valence-electron chi connectivity index (χ2n) is 6.42. The first-order chi connectivity index (χ1) is 11.1. The van der Waals surface area contributed by atoms with Gasteiger partial charge in [-0.2, -0.15) is 0 Å². The van der Waals surface area contributed by atoms with Crippen molar-refractivity contribution in [2.75, 3.05) is 6.54 Å². The van der Waals surface area contributed by atoms with Gasteiger partial charge in [0.2, 0.25) is 5.91 Å². The van der Waals surface area contributed by atoms with E-state index in [2.05, 4.69) is 5.32 Å². The zero-order chi connectivity index (χ0) is 16.7. The largest absolute Gasteiger partial charge is 0.472 e. The van der Waals surface area contributed by atoms with Gasteiger partial charge in [-0.15, -0.1) is 0 Å². The summed E-state index contributed by atoms with van der Waals surface area (Å²) >= 11 is 0. The molecule has 0 saturated heterocycles. The fourth-order valence-electron chi connectivity index (χ4n) is 3.06. The molecule has 1 atom stereocenters. The Hall–Kier alpha value is -1.78. The highest BCUT2D eigenvalue weighted by Crippen LogP contribution is 2.17. The first kappa shape index (κ1) is 17.6. The minimum Gasteiger partial charge on any atom is -0.472 e. The Labute approximate surface area is 138 Å². The first-order valence-electron chi connectivity index (χ1n) is 8.74. The Morgan fingerprint density at radius 1 is 1.35 bits per heavy atom. The fourth-order valence-corrected chi connectivity index (χ4v) is 3.06.